The highest BCUT2D eigenvalue weighted by Crippen LogP contribution is 2.08. The molecule has 0 radical (unpaired) electrons. The highest BCUT2D eigenvalue weighted by molar-refractivity contribution is 5.77. The van der Waals surface area contributed by atoms with Gasteiger partial charge in [-0.1, -0.05) is 13.8 Å². The molecule has 0 saturated carbocycles. The van der Waals surface area contributed by atoms with Crippen molar-refractivity contribution in [2.24, 2.45) is 5.92 Å². The minimum Gasteiger partial charge on any atom is -0.477 e. The molecule has 0 atom stereocenters. The fourth-order valence-corrected chi connectivity index (χ4v) is 1.06. The Labute approximate surface area is 89.7 Å². The maximum absolute atomic E-state index is 10.9. The van der Waals surface area contributed by atoms with Crippen molar-refractivity contribution >= 4 is 5.78 Å². The molecule has 15 heavy (non-hydrogen) atoms. The van der Waals surface area contributed by atoms with E-state index in [1.165, 1.54) is 13.3 Å². The van der Waals surface area contributed by atoms with Gasteiger partial charge in [-0.05, 0) is 12.8 Å². The molecule has 1 rings (SSSR count). The first kappa shape index (κ1) is 11.6. The van der Waals surface area contributed by atoms with Crippen LogP contribution in [-0.4, -0.2) is 22.4 Å². The molecule has 0 aliphatic rings. The summed E-state index contributed by atoms with van der Waals surface area (Å²) >= 11 is 0. The molecule has 82 valence electrons. The largest absolute Gasteiger partial charge is 0.477 e. The Bertz CT molecular complexity index is 337. The summed E-state index contributed by atoms with van der Waals surface area (Å²) in [7, 11) is 0. The lowest BCUT2D eigenvalue weighted by Gasteiger charge is -2.07. The number of hydrogen-bond acceptors (Lipinski definition) is 4. The van der Waals surface area contributed by atoms with E-state index >= 15 is 0 Å². The molecule has 0 fully saturated rings. The van der Waals surface area contributed by atoms with Crippen molar-refractivity contribution in [3.63, 3.8) is 0 Å². The van der Waals surface area contributed by atoms with Gasteiger partial charge < -0.3 is 4.74 Å². The fourth-order valence-electron chi connectivity index (χ4n) is 1.06. The van der Waals surface area contributed by atoms with Gasteiger partial charge in [-0.3, -0.25) is 4.79 Å². The summed E-state index contributed by atoms with van der Waals surface area (Å²) in [6.45, 7) is 6.29. The number of nitrogens with zero attached hydrogens (tertiary/aromatic N) is 2. The van der Waals surface area contributed by atoms with E-state index in [-0.39, 0.29) is 5.78 Å². The van der Waals surface area contributed by atoms with E-state index in [0.29, 0.717) is 30.5 Å². The zero-order valence-electron chi connectivity index (χ0n) is 9.36. The zero-order chi connectivity index (χ0) is 11.3. The van der Waals surface area contributed by atoms with Crippen LogP contribution in [0.2, 0.25) is 0 Å². The number of Topliss-reactive ketones (excluding diaryl/α,β-unsaturated/α-hetero) is 1. The number of aromatic nitrogens is 2. The standard InChI is InChI=1S/C11H16N2O2/c1-8(2)6-15-11-5-10(4-9(3)14)12-7-13-11/h5,7-8H,4,6H2,1-3H3. The monoisotopic (exact) mass is 208 g/mol. The molecule has 1 aromatic heterocycles. The summed E-state index contributed by atoms with van der Waals surface area (Å²) in [5.74, 6) is 1.08. The molecular weight excluding hydrogens is 192 g/mol. The Kier molecular flexibility index (Phi) is 4.21. The maximum atomic E-state index is 10.9. The predicted octanol–water partition coefficient (Wildman–Crippen LogP) is 1.64. The van der Waals surface area contributed by atoms with E-state index in [9.17, 15) is 4.79 Å². The van der Waals surface area contributed by atoms with Crippen LogP contribution in [0.15, 0.2) is 12.4 Å². The molecule has 0 aromatic carbocycles. The lowest BCUT2D eigenvalue weighted by Crippen LogP contribution is -2.07. The fraction of sp³-hybridized carbons (Fsp3) is 0.545. The van der Waals surface area contributed by atoms with E-state index in [1.54, 1.807) is 6.07 Å². The van der Waals surface area contributed by atoms with Gasteiger partial charge in [0.2, 0.25) is 5.88 Å². The van der Waals surface area contributed by atoms with Crippen molar-refractivity contribution < 1.29 is 9.53 Å². The van der Waals surface area contributed by atoms with Crippen LogP contribution in [0.1, 0.15) is 26.5 Å². The van der Waals surface area contributed by atoms with Crippen LogP contribution in [0.3, 0.4) is 0 Å². The highest BCUT2D eigenvalue weighted by Gasteiger charge is 2.03. The first-order chi connectivity index (χ1) is 7.08. The quantitative estimate of drug-likeness (QED) is 0.738. The van der Waals surface area contributed by atoms with E-state index in [4.69, 9.17) is 4.74 Å². The lowest BCUT2D eigenvalue weighted by molar-refractivity contribution is -0.116. The summed E-state index contributed by atoms with van der Waals surface area (Å²) in [6, 6.07) is 1.71. The molecule has 0 unspecified atom stereocenters. The number of hydrogen-bond donors (Lipinski definition) is 0. The second-order valence-corrected chi connectivity index (χ2v) is 3.93. The van der Waals surface area contributed by atoms with Gasteiger partial charge in [0.05, 0.1) is 12.3 Å². The molecule has 1 aromatic rings. The van der Waals surface area contributed by atoms with Gasteiger partial charge in [0.25, 0.3) is 0 Å². The Hall–Kier alpha value is -1.45. The molecule has 0 saturated heterocycles. The van der Waals surface area contributed by atoms with Crippen LogP contribution in [0, 0.1) is 5.92 Å². The van der Waals surface area contributed by atoms with Crippen molar-refractivity contribution in [3.05, 3.63) is 18.1 Å². The van der Waals surface area contributed by atoms with Gasteiger partial charge in [-0.25, -0.2) is 9.97 Å². The molecule has 0 aliphatic heterocycles. The minimum absolute atomic E-state index is 0.0866. The molecule has 0 amide bonds. The third kappa shape index (κ3) is 4.54. The average Bonchev–Trinajstić information content (AvgIpc) is 2.14. The Morgan fingerprint density at radius 3 is 2.80 bits per heavy atom. The van der Waals surface area contributed by atoms with Crippen LogP contribution in [0.25, 0.3) is 0 Å². The Morgan fingerprint density at radius 1 is 1.47 bits per heavy atom. The molecule has 0 N–H and O–H groups in total. The molecule has 0 aliphatic carbocycles. The number of rotatable bonds is 5. The summed E-state index contributed by atoms with van der Waals surface area (Å²) in [4.78, 5) is 18.9. The van der Waals surface area contributed by atoms with Crippen LogP contribution < -0.4 is 4.74 Å². The van der Waals surface area contributed by atoms with Gasteiger partial charge in [-0.2, -0.15) is 0 Å². The third-order valence-corrected chi connectivity index (χ3v) is 1.69. The molecular formula is C11H16N2O2. The average molecular weight is 208 g/mol. The normalized spacial score (nSPS) is 10.4. The second kappa shape index (κ2) is 5.44. The molecule has 0 bridgehead atoms. The Morgan fingerprint density at radius 2 is 2.20 bits per heavy atom. The van der Waals surface area contributed by atoms with E-state index in [0.717, 1.165) is 0 Å². The number of carbonyl (C=O) groups excluding carboxylic acids is 1. The van der Waals surface area contributed by atoms with Crippen LogP contribution >= 0.6 is 0 Å². The highest BCUT2D eigenvalue weighted by atomic mass is 16.5. The van der Waals surface area contributed by atoms with Crippen LogP contribution in [-0.2, 0) is 11.2 Å². The van der Waals surface area contributed by atoms with Crippen LogP contribution in [0.5, 0.6) is 5.88 Å². The second-order valence-electron chi connectivity index (χ2n) is 3.93. The minimum atomic E-state index is 0.0866. The van der Waals surface area contributed by atoms with Gasteiger partial charge in [0.15, 0.2) is 0 Å². The number of carbonyl (C=O) groups is 1. The molecule has 4 heteroatoms. The summed E-state index contributed by atoms with van der Waals surface area (Å²) in [6.07, 6.45) is 1.76. The van der Waals surface area contributed by atoms with E-state index < -0.39 is 0 Å². The molecule has 1 heterocycles. The van der Waals surface area contributed by atoms with Gasteiger partial charge in [0, 0.05) is 12.5 Å². The van der Waals surface area contributed by atoms with Crippen LogP contribution in [0.4, 0.5) is 0 Å². The zero-order valence-corrected chi connectivity index (χ0v) is 9.36. The molecule has 0 spiro atoms. The van der Waals surface area contributed by atoms with E-state index in [2.05, 4.69) is 23.8 Å². The summed E-state index contributed by atoms with van der Waals surface area (Å²) in [5.41, 5.74) is 0.705. The molecule has 4 nitrogen and oxygen atoms in total. The third-order valence-electron chi connectivity index (χ3n) is 1.69. The topological polar surface area (TPSA) is 52.1 Å². The van der Waals surface area contributed by atoms with E-state index in [1.807, 2.05) is 0 Å². The van der Waals surface area contributed by atoms with Gasteiger partial charge >= 0.3 is 0 Å². The smallest absolute Gasteiger partial charge is 0.216 e. The maximum Gasteiger partial charge on any atom is 0.216 e. The SMILES string of the molecule is CC(=O)Cc1cc(OCC(C)C)ncn1. The van der Waals surface area contributed by atoms with Crippen molar-refractivity contribution in [1.82, 2.24) is 9.97 Å². The van der Waals surface area contributed by atoms with Crippen molar-refractivity contribution in [3.8, 4) is 5.88 Å². The van der Waals surface area contributed by atoms with Crippen molar-refractivity contribution in [2.75, 3.05) is 6.61 Å². The number of ketones is 1. The number of ether oxygens (including phenoxy) is 1. The lowest BCUT2D eigenvalue weighted by atomic mass is 10.2. The summed E-state index contributed by atoms with van der Waals surface area (Å²) < 4.78 is 5.43. The summed E-state index contributed by atoms with van der Waals surface area (Å²) in [5, 5.41) is 0. The van der Waals surface area contributed by atoms with Gasteiger partial charge in [-0.15, -0.1) is 0 Å². The Balaban J connectivity index is 2.61. The predicted molar refractivity (Wildman–Crippen MR) is 56.8 cm³/mol. The van der Waals surface area contributed by atoms with Crippen molar-refractivity contribution in [2.45, 2.75) is 27.2 Å². The van der Waals surface area contributed by atoms with Gasteiger partial charge in [0.1, 0.15) is 12.1 Å². The van der Waals surface area contributed by atoms with Crippen molar-refractivity contribution in [1.29, 1.82) is 0 Å². The first-order valence-corrected chi connectivity index (χ1v) is 5.01. The first-order valence-electron chi connectivity index (χ1n) is 5.01.